The smallest absolute Gasteiger partial charge is 0.272 e. The fourth-order valence-corrected chi connectivity index (χ4v) is 4.81. The van der Waals surface area contributed by atoms with Gasteiger partial charge in [0.15, 0.2) is 5.65 Å². The number of imidazole rings is 1. The SMILES string of the molecule is C=CC(=O)N1CCO[C@H](CN2CCC(Nc3cc(C(C)(F)F)cn4c(C(C)C)cnc34)CC2)C1. The van der Waals surface area contributed by atoms with Gasteiger partial charge in [-0.25, -0.2) is 13.8 Å². The monoisotopic (exact) mass is 475 g/mol. The molecule has 2 aliphatic rings. The first-order valence-electron chi connectivity index (χ1n) is 12.1. The Morgan fingerprint density at radius 3 is 2.74 bits per heavy atom. The molecule has 0 aromatic carbocycles. The van der Waals surface area contributed by atoms with Crippen LogP contribution in [0.25, 0.3) is 5.65 Å². The summed E-state index contributed by atoms with van der Waals surface area (Å²) in [7, 11) is 0. The minimum atomic E-state index is -2.94. The molecule has 2 aromatic heterocycles. The van der Waals surface area contributed by atoms with Gasteiger partial charge >= 0.3 is 0 Å². The molecule has 0 saturated carbocycles. The zero-order valence-electron chi connectivity index (χ0n) is 20.3. The van der Waals surface area contributed by atoms with Crippen LogP contribution in [0.2, 0.25) is 0 Å². The Labute approximate surface area is 199 Å². The maximum atomic E-state index is 14.2. The number of carbonyl (C=O) groups excluding carboxylic acids is 1. The van der Waals surface area contributed by atoms with Crippen LogP contribution in [0.1, 0.15) is 50.8 Å². The third kappa shape index (κ3) is 5.41. The number of hydrogen-bond donors (Lipinski definition) is 1. The summed E-state index contributed by atoms with van der Waals surface area (Å²) in [4.78, 5) is 20.6. The molecule has 186 valence electrons. The van der Waals surface area contributed by atoms with E-state index in [2.05, 4.69) is 21.8 Å². The molecule has 9 heteroatoms. The van der Waals surface area contributed by atoms with Crippen molar-refractivity contribution in [3.63, 3.8) is 0 Å². The van der Waals surface area contributed by atoms with Crippen LogP contribution in [0.4, 0.5) is 14.5 Å². The fourth-order valence-electron chi connectivity index (χ4n) is 4.81. The number of aromatic nitrogens is 2. The lowest BCUT2D eigenvalue weighted by atomic mass is 10.0. The largest absolute Gasteiger partial charge is 0.379 e. The molecule has 0 bridgehead atoms. The lowest BCUT2D eigenvalue weighted by molar-refractivity contribution is -0.134. The molecule has 0 aliphatic carbocycles. The second kappa shape index (κ2) is 10.00. The maximum absolute atomic E-state index is 14.2. The number of alkyl halides is 2. The highest BCUT2D eigenvalue weighted by atomic mass is 19.3. The third-order valence-electron chi connectivity index (χ3n) is 6.77. The van der Waals surface area contributed by atoms with E-state index in [1.807, 2.05) is 13.8 Å². The Morgan fingerprint density at radius 1 is 1.35 bits per heavy atom. The molecular weight excluding hydrogens is 440 g/mol. The van der Waals surface area contributed by atoms with Crippen molar-refractivity contribution in [2.45, 2.75) is 57.6 Å². The van der Waals surface area contributed by atoms with E-state index in [4.69, 9.17) is 4.74 Å². The summed E-state index contributed by atoms with van der Waals surface area (Å²) >= 11 is 0. The second-order valence-corrected chi connectivity index (χ2v) is 9.76. The van der Waals surface area contributed by atoms with Gasteiger partial charge in [0.1, 0.15) is 0 Å². The molecular formula is C25H35F2N5O2. The fraction of sp³-hybridized carbons (Fsp3) is 0.600. The molecule has 2 saturated heterocycles. The molecule has 34 heavy (non-hydrogen) atoms. The summed E-state index contributed by atoms with van der Waals surface area (Å²) < 4.78 is 36.2. The number of likely N-dealkylation sites (tertiary alicyclic amines) is 1. The normalized spacial score (nSPS) is 20.8. The Balaban J connectivity index is 1.41. The number of carbonyl (C=O) groups is 1. The molecule has 1 amide bonds. The van der Waals surface area contributed by atoms with Crippen LogP contribution in [0, 0.1) is 0 Å². The first-order valence-corrected chi connectivity index (χ1v) is 12.1. The first-order chi connectivity index (χ1) is 16.2. The van der Waals surface area contributed by atoms with Gasteiger partial charge < -0.3 is 24.3 Å². The standard InChI is InChI=1S/C25H35F2N5O2/c1-5-23(33)31-10-11-34-20(16-31)15-30-8-6-19(7-9-30)29-21-12-18(25(4,26)27)14-32-22(17(2)3)13-28-24(21)32/h5,12-14,17,19-20,29H,1,6-11,15-16H2,2-4H3/t20-/m1/s1. The van der Waals surface area contributed by atoms with Crippen LogP contribution >= 0.6 is 0 Å². The lowest BCUT2D eigenvalue weighted by Crippen LogP contribution is -2.51. The van der Waals surface area contributed by atoms with Crippen molar-refractivity contribution >= 4 is 17.2 Å². The van der Waals surface area contributed by atoms with Crippen LogP contribution in [-0.4, -0.2) is 76.6 Å². The second-order valence-electron chi connectivity index (χ2n) is 9.76. The van der Waals surface area contributed by atoms with Crippen LogP contribution < -0.4 is 5.32 Å². The molecule has 4 heterocycles. The zero-order chi connectivity index (χ0) is 24.5. The summed E-state index contributed by atoms with van der Waals surface area (Å²) in [6.45, 7) is 12.8. The topological polar surface area (TPSA) is 62.1 Å². The molecule has 0 spiro atoms. The number of nitrogens with zero attached hydrogens (tertiary/aromatic N) is 4. The molecule has 1 atom stereocenters. The highest BCUT2D eigenvalue weighted by Crippen LogP contribution is 2.33. The van der Waals surface area contributed by atoms with Crippen LogP contribution in [-0.2, 0) is 15.5 Å². The van der Waals surface area contributed by atoms with Gasteiger partial charge in [0.25, 0.3) is 5.92 Å². The van der Waals surface area contributed by atoms with Gasteiger partial charge in [-0.1, -0.05) is 20.4 Å². The number of anilines is 1. The Bertz CT molecular complexity index is 1020. The maximum Gasteiger partial charge on any atom is 0.272 e. The van der Waals surface area contributed by atoms with Crippen molar-refractivity contribution in [2.75, 3.05) is 44.6 Å². The number of fused-ring (bicyclic) bond motifs is 1. The highest BCUT2D eigenvalue weighted by molar-refractivity contribution is 5.87. The molecule has 1 N–H and O–H groups in total. The summed E-state index contributed by atoms with van der Waals surface area (Å²) in [5, 5.41) is 3.50. The van der Waals surface area contributed by atoms with Gasteiger partial charge in [-0.2, -0.15) is 0 Å². The number of pyridine rings is 1. The van der Waals surface area contributed by atoms with Gasteiger partial charge in [-0.05, 0) is 30.9 Å². The number of halogens is 2. The Morgan fingerprint density at radius 2 is 2.09 bits per heavy atom. The van der Waals surface area contributed by atoms with E-state index in [-0.39, 0.29) is 29.5 Å². The predicted molar refractivity (Wildman–Crippen MR) is 128 cm³/mol. The Kier molecular flexibility index (Phi) is 7.23. The number of nitrogens with one attached hydrogen (secondary N) is 1. The molecule has 2 fully saturated rings. The van der Waals surface area contributed by atoms with E-state index in [9.17, 15) is 13.6 Å². The van der Waals surface area contributed by atoms with Crippen molar-refractivity contribution in [3.8, 4) is 0 Å². The number of morpholine rings is 1. The van der Waals surface area contributed by atoms with Crippen molar-refractivity contribution in [1.29, 1.82) is 0 Å². The van der Waals surface area contributed by atoms with Crippen LogP contribution in [0.3, 0.4) is 0 Å². The van der Waals surface area contributed by atoms with Gasteiger partial charge in [0.2, 0.25) is 5.91 Å². The minimum Gasteiger partial charge on any atom is -0.379 e. The average molecular weight is 476 g/mol. The van der Waals surface area contributed by atoms with E-state index in [0.29, 0.717) is 31.0 Å². The summed E-state index contributed by atoms with van der Waals surface area (Å²) in [5.41, 5.74) is 2.23. The average Bonchev–Trinajstić information content (AvgIpc) is 3.24. The van der Waals surface area contributed by atoms with E-state index in [0.717, 1.165) is 45.1 Å². The molecule has 4 rings (SSSR count). The molecule has 2 aliphatic heterocycles. The molecule has 2 aromatic rings. The van der Waals surface area contributed by atoms with Crippen molar-refractivity contribution in [2.24, 2.45) is 0 Å². The number of hydrogen-bond acceptors (Lipinski definition) is 5. The number of rotatable bonds is 7. The van der Waals surface area contributed by atoms with E-state index < -0.39 is 5.92 Å². The summed E-state index contributed by atoms with van der Waals surface area (Å²) in [5.74, 6) is -2.82. The van der Waals surface area contributed by atoms with Gasteiger partial charge in [0.05, 0.1) is 18.4 Å². The molecule has 0 unspecified atom stereocenters. The third-order valence-corrected chi connectivity index (χ3v) is 6.77. The molecule has 0 radical (unpaired) electrons. The zero-order valence-corrected chi connectivity index (χ0v) is 20.3. The number of ether oxygens (including phenoxy) is 1. The Hall–Kier alpha value is -2.52. The van der Waals surface area contributed by atoms with E-state index in [1.165, 1.54) is 12.3 Å². The van der Waals surface area contributed by atoms with Crippen molar-refractivity contribution in [1.82, 2.24) is 19.2 Å². The quantitative estimate of drug-likeness (QED) is 0.617. The van der Waals surface area contributed by atoms with E-state index in [1.54, 1.807) is 21.6 Å². The van der Waals surface area contributed by atoms with Crippen LogP contribution in [0.15, 0.2) is 31.1 Å². The lowest BCUT2D eigenvalue weighted by Gasteiger charge is -2.38. The first kappa shape index (κ1) is 24.6. The summed E-state index contributed by atoms with van der Waals surface area (Å²) in [6, 6.07) is 1.71. The predicted octanol–water partition coefficient (Wildman–Crippen LogP) is 3.86. The molecule has 7 nitrogen and oxygen atoms in total. The van der Waals surface area contributed by atoms with Crippen molar-refractivity contribution < 1.29 is 18.3 Å². The summed E-state index contributed by atoms with van der Waals surface area (Å²) in [6.07, 6.45) is 6.40. The number of amides is 1. The van der Waals surface area contributed by atoms with E-state index >= 15 is 0 Å². The van der Waals surface area contributed by atoms with Crippen LogP contribution in [0.5, 0.6) is 0 Å². The van der Waals surface area contributed by atoms with Gasteiger partial charge in [0, 0.05) is 69.3 Å². The van der Waals surface area contributed by atoms with Gasteiger partial charge in [-0.3, -0.25) is 4.79 Å². The van der Waals surface area contributed by atoms with Crippen molar-refractivity contribution in [3.05, 3.63) is 42.4 Å². The van der Waals surface area contributed by atoms with Gasteiger partial charge in [-0.15, -0.1) is 0 Å². The number of piperidine rings is 1. The highest BCUT2D eigenvalue weighted by Gasteiger charge is 2.29. The minimum absolute atomic E-state index is 0.00961.